The van der Waals surface area contributed by atoms with Gasteiger partial charge in [-0.1, -0.05) is 6.92 Å². The summed E-state index contributed by atoms with van der Waals surface area (Å²) in [7, 11) is -3.96. The zero-order valence-corrected chi connectivity index (χ0v) is 9.00. The van der Waals surface area contributed by atoms with E-state index in [4.69, 9.17) is 0 Å². The van der Waals surface area contributed by atoms with Gasteiger partial charge >= 0.3 is 7.25 Å². The average Bonchev–Trinajstić information content (AvgIpc) is 2.47. The summed E-state index contributed by atoms with van der Waals surface area (Å²) in [6, 6.07) is 0.626. The first-order chi connectivity index (χ1) is 6.74. The summed E-state index contributed by atoms with van der Waals surface area (Å²) in [5, 5.41) is 0. The number of imidazole rings is 1. The smallest absolute Gasteiger partial charge is 0.418 e. The molecular weight excluding hydrogens is 211 g/mol. The predicted molar refractivity (Wildman–Crippen MR) is 50.8 cm³/mol. The maximum Gasteiger partial charge on any atom is 0.673 e. The minimum atomic E-state index is -6.00. The van der Waals surface area contributed by atoms with Gasteiger partial charge in [0.25, 0.3) is 0 Å². The maximum absolute atomic E-state index is 9.75. The first-order valence-corrected chi connectivity index (χ1v) is 4.64. The van der Waals surface area contributed by atoms with Crippen molar-refractivity contribution < 1.29 is 21.8 Å². The molecule has 0 saturated heterocycles. The fraction of sp³-hybridized carbons (Fsp3) is 0.625. The molecule has 0 radical (unpaired) electrons. The van der Waals surface area contributed by atoms with E-state index in [9.17, 15) is 17.3 Å². The molecule has 0 N–H and O–H groups in total. The summed E-state index contributed by atoms with van der Waals surface area (Å²) in [4.78, 5) is 0. The number of nitrogens with zero attached hydrogens (tertiary/aromatic N) is 2. The lowest BCUT2D eigenvalue weighted by molar-refractivity contribution is -0.719. The van der Waals surface area contributed by atoms with Crippen LogP contribution in [0.2, 0.25) is 0 Å². The van der Waals surface area contributed by atoms with Gasteiger partial charge in [-0.2, -0.15) is 0 Å². The molecule has 0 saturated carbocycles. The number of hydrogen-bond acceptors (Lipinski definition) is 0. The van der Waals surface area contributed by atoms with Crippen molar-refractivity contribution in [2.45, 2.75) is 26.3 Å². The summed E-state index contributed by atoms with van der Waals surface area (Å²) in [5.41, 5.74) is 0. The van der Waals surface area contributed by atoms with Gasteiger partial charge in [0.15, 0.2) is 0 Å². The molecule has 0 fully saturated rings. The fourth-order valence-corrected chi connectivity index (χ4v) is 0.941. The van der Waals surface area contributed by atoms with Crippen LogP contribution in [0.4, 0.5) is 17.3 Å². The Kier molecular flexibility index (Phi) is 5.39. The first kappa shape index (κ1) is 14.0. The van der Waals surface area contributed by atoms with E-state index in [1.54, 1.807) is 0 Å². The second kappa shape index (κ2) is 5.77. The van der Waals surface area contributed by atoms with Gasteiger partial charge in [-0.15, -0.1) is 0 Å². The van der Waals surface area contributed by atoms with E-state index in [2.05, 4.69) is 41.7 Å². The van der Waals surface area contributed by atoms with E-state index in [0.29, 0.717) is 6.04 Å². The number of halogens is 4. The van der Waals surface area contributed by atoms with E-state index in [-0.39, 0.29) is 0 Å². The molecule has 88 valence electrons. The molecule has 7 heteroatoms. The largest absolute Gasteiger partial charge is 0.673 e. The molecule has 0 aliphatic carbocycles. The highest BCUT2D eigenvalue weighted by Crippen LogP contribution is 2.06. The second-order valence-electron chi connectivity index (χ2n) is 3.28. The Morgan fingerprint density at radius 1 is 1.33 bits per heavy atom. The van der Waals surface area contributed by atoms with Gasteiger partial charge < -0.3 is 17.3 Å². The Bertz CT molecular complexity index is 278. The minimum absolute atomic E-state index is 0.626. The number of rotatable bonds is 2. The molecule has 1 rings (SSSR count). The van der Waals surface area contributed by atoms with E-state index < -0.39 is 7.25 Å². The number of hydrogen-bond donors (Lipinski definition) is 0. The van der Waals surface area contributed by atoms with Crippen LogP contribution in [0.15, 0.2) is 18.7 Å². The van der Waals surface area contributed by atoms with Crippen LogP contribution in [0.25, 0.3) is 0 Å². The van der Waals surface area contributed by atoms with Crippen LogP contribution in [0.5, 0.6) is 0 Å². The standard InChI is InChI=1S/C8H15N2.BF4/c1-4-8(2)10-6-5-9(3)7-10;2-1(3,4)5/h5-8H,4H2,1-3H3;/q+1;-1. The van der Waals surface area contributed by atoms with Gasteiger partial charge in [0.2, 0.25) is 6.33 Å². The number of aryl methyl sites for hydroxylation is 1. The fourth-order valence-electron chi connectivity index (χ4n) is 0.941. The van der Waals surface area contributed by atoms with Crippen molar-refractivity contribution in [2.24, 2.45) is 7.05 Å². The van der Waals surface area contributed by atoms with Gasteiger partial charge in [-0.25, -0.2) is 9.13 Å². The molecular formula is C8H15BF4N2. The summed E-state index contributed by atoms with van der Waals surface area (Å²) in [6.07, 6.45) is 7.46. The lowest BCUT2D eigenvalue weighted by atomic mass is 10.3. The summed E-state index contributed by atoms with van der Waals surface area (Å²) in [6.45, 7) is 4.42. The Balaban J connectivity index is 0.000000336. The van der Waals surface area contributed by atoms with E-state index in [1.165, 1.54) is 6.42 Å². The molecule has 1 atom stereocenters. The van der Waals surface area contributed by atoms with Crippen LogP contribution in [-0.2, 0) is 7.05 Å². The maximum atomic E-state index is 9.75. The Labute approximate surface area is 86.6 Å². The van der Waals surface area contributed by atoms with Crippen molar-refractivity contribution in [3.05, 3.63) is 18.7 Å². The molecule has 1 heterocycles. The third kappa shape index (κ3) is 8.02. The lowest BCUT2D eigenvalue weighted by Gasteiger charge is -2.01. The zero-order chi connectivity index (χ0) is 12.1. The molecule has 0 amide bonds. The van der Waals surface area contributed by atoms with Gasteiger partial charge in [0.1, 0.15) is 12.4 Å². The van der Waals surface area contributed by atoms with Gasteiger partial charge in [0.05, 0.1) is 13.1 Å². The molecule has 1 unspecified atom stereocenters. The summed E-state index contributed by atoms with van der Waals surface area (Å²) in [5.74, 6) is 0. The molecule has 0 aromatic carbocycles. The summed E-state index contributed by atoms with van der Waals surface area (Å²) < 4.78 is 43.3. The van der Waals surface area contributed by atoms with E-state index in [1.807, 2.05) is 7.05 Å². The van der Waals surface area contributed by atoms with Crippen molar-refractivity contribution in [1.82, 2.24) is 4.57 Å². The monoisotopic (exact) mass is 226 g/mol. The van der Waals surface area contributed by atoms with Crippen LogP contribution >= 0.6 is 0 Å². The van der Waals surface area contributed by atoms with Crippen molar-refractivity contribution in [3.63, 3.8) is 0 Å². The van der Waals surface area contributed by atoms with Gasteiger partial charge in [-0.05, 0) is 13.3 Å². The number of aromatic nitrogens is 2. The first-order valence-electron chi connectivity index (χ1n) is 4.64. The molecule has 2 nitrogen and oxygen atoms in total. The minimum Gasteiger partial charge on any atom is -0.418 e. The van der Waals surface area contributed by atoms with Crippen LogP contribution in [0, 0.1) is 0 Å². The van der Waals surface area contributed by atoms with Crippen LogP contribution in [0.1, 0.15) is 26.3 Å². The van der Waals surface area contributed by atoms with E-state index in [0.717, 1.165) is 0 Å². The molecule has 0 aliphatic rings. The van der Waals surface area contributed by atoms with Crippen molar-refractivity contribution >= 4 is 7.25 Å². The highest BCUT2D eigenvalue weighted by molar-refractivity contribution is 6.50. The SMILES string of the molecule is CCC(C)[n+]1ccn(C)c1.F[B-](F)(F)F. The Morgan fingerprint density at radius 3 is 2.07 bits per heavy atom. The van der Waals surface area contributed by atoms with E-state index >= 15 is 0 Å². The normalized spacial score (nSPS) is 13.0. The molecule has 1 aromatic rings. The summed E-state index contributed by atoms with van der Waals surface area (Å²) >= 11 is 0. The van der Waals surface area contributed by atoms with Crippen molar-refractivity contribution in [3.8, 4) is 0 Å². The Hall–Kier alpha value is -1.01. The topological polar surface area (TPSA) is 8.81 Å². The van der Waals surface area contributed by atoms with Crippen LogP contribution in [-0.4, -0.2) is 11.8 Å². The molecule has 0 spiro atoms. The quantitative estimate of drug-likeness (QED) is 0.416. The second-order valence-corrected chi connectivity index (χ2v) is 3.28. The van der Waals surface area contributed by atoms with Crippen molar-refractivity contribution in [2.75, 3.05) is 0 Å². The highest BCUT2D eigenvalue weighted by Gasteiger charge is 2.20. The van der Waals surface area contributed by atoms with Gasteiger partial charge in [-0.3, -0.25) is 0 Å². The predicted octanol–water partition coefficient (Wildman–Crippen LogP) is 2.58. The lowest BCUT2D eigenvalue weighted by Crippen LogP contribution is -2.34. The average molecular weight is 226 g/mol. The third-order valence-electron chi connectivity index (χ3n) is 1.89. The van der Waals surface area contributed by atoms with Crippen molar-refractivity contribution in [1.29, 1.82) is 0 Å². The van der Waals surface area contributed by atoms with Crippen LogP contribution < -0.4 is 4.57 Å². The van der Waals surface area contributed by atoms with Gasteiger partial charge in [0, 0.05) is 0 Å². The molecule has 0 aliphatic heterocycles. The third-order valence-corrected chi connectivity index (χ3v) is 1.89. The molecule has 0 bridgehead atoms. The highest BCUT2D eigenvalue weighted by atomic mass is 19.5. The molecule has 15 heavy (non-hydrogen) atoms. The Morgan fingerprint density at radius 2 is 1.80 bits per heavy atom. The molecule has 1 aromatic heterocycles. The zero-order valence-electron chi connectivity index (χ0n) is 9.00. The van der Waals surface area contributed by atoms with Crippen LogP contribution in [0.3, 0.4) is 0 Å².